The van der Waals surface area contributed by atoms with Crippen LogP contribution in [-0.2, 0) is 22.6 Å². The van der Waals surface area contributed by atoms with E-state index in [2.05, 4.69) is 0 Å². The molecule has 0 bridgehead atoms. The summed E-state index contributed by atoms with van der Waals surface area (Å²) in [6.07, 6.45) is 1.87. The Balaban J connectivity index is 1.40. The summed E-state index contributed by atoms with van der Waals surface area (Å²) in [5.74, 6) is -0.346. The molecule has 0 aromatic heterocycles. The third kappa shape index (κ3) is 4.86. The third-order valence-corrected chi connectivity index (χ3v) is 5.22. The zero-order valence-electron chi connectivity index (χ0n) is 17.1. The lowest BCUT2D eigenvalue weighted by Gasteiger charge is -2.29. The van der Waals surface area contributed by atoms with E-state index in [9.17, 15) is 9.59 Å². The number of nitrogen functional groups attached to an aromatic ring is 1. The Morgan fingerprint density at radius 3 is 2.58 bits per heavy atom. The second-order valence-corrected chi connectivity index (χ2v) is 7.38. The summed E-state index contributed by atoms with van der Waals surface area (Å²) in [5.41, 5.74) is 9.64. The lowest BCUT2D eigenvalue weighted by atomic mass is 10.0. The van der Waals surface area contributed by atoms with Crippen molar-refractivity contribution in [1.82, 2.24) is 0 Å². The highest BCUT2D eigenvalue weighted by Crippen LogP contribution is 2.28. The first-order chi connectivity index (χ1) is 15.1. The van der Waals surface area contributed by atoms with Gasteiger partial charge in [-0.2, -0.15) is 0 Å². The van der Waals surface area contributed by atoms with Crippen LogP contribution in [0.1, 0.15) is 27.9 Å². The first-order valence-electron chi connectivity index (χ1n) is 10.2. The number of ether oxygens (including phenoxy) is 2. The summed E-state index contributed by atoms with van der Waals surface area (Å²) >= 11 is 0. The van der Waals surface area contributed by atoms with E-state index in [4.69, 9.17) is 15.2 Å². The molecule has 0 fully saturated rings. The van der Waals surface area contributed by atoms with Gasteiger partial charge < -0.3 is 20.1 Å². The highest BCUT2D eigenvalue weighted by molar-refractivity contribution is 5.96. The molecule has 0 atom stereocenters. The lowest BCUT2D eigenvalue weighted by Crippen LogP contribution is -2.38. The van der Waals surface area contributed by atoms with Crippen LogP contribution in [-0.4, -0.2) is 25.0 Å². The molecule has 0 spiro atoms. The molecule has 3 aromatic rings. The molecule has 0 aliphatic carbocycles. The Hall–Kier alpha value is -3.80. The Bertz CT molecular complexity index is 1080. The molecule has 158 valence electrons. The van der Waals surface area contributed by atoms with E-state index >= 15 is 0 Å². The number of nitrogens with two attached hydrogens (primary N) is 1. The SMILES string of the molecule is Nc1ccc(C(=O)OCc2ccccc2)cc1OCC(=O)N1CCCc2ccccc21. The van der Waals surface area contributed by atoms with Crippen molar-refractivity contribution < 1.29 is 19.1 Å². The fraction of sp³-hybridized carbons (Fsp3) is 0.200. The predicted molar refractivity (Wildman–Crippen MR) is 119 cm³/mol. The van der Waals surface area contributed by atoms with Crippen LogP contribution in [0.25, 0.3) is 0 Å². The quantitative estimate of drug-likeness (QED) is 0.485. The number of rotatable bonds is 6. The lowest BCUT2D eigenvalue weighted by molar-refractivity contribution is -0.120. The number of fused-ring (bicyclic) bond motifs is 1. The maximum Gasteiger partial charge on any atom is 0.338 e. The van der Waals surface area contributed by atoms with Gasteiger partial charge in [0.05, 0.1) is 11.3 Å². The number of carbonyl (C=O) groups is 2. The molecule has 6 nitrogen and oxygen atoms in total. The van der Waals surface area contributed by atoms with Crippen LogP contribution in [0, 0.1) is 0 Å². The maximum atomic E-state index is 12.8. The Kier molecular flexibility index (Phi) is 6.17. The highest BCUT2D eigenvalue weighted by Gasteiger charge is 2.22. The summed E-state index contributed by atoms with van der Waals surface area (Å²) in [4.78, 5) is 26.9. The fourth-order valence-corrected chi connectivity index (χ4v) is 3.60. The molecule has 4 rings (SSSR count). The van der Waals surface area contributed by atoms with Crippen molar-refractivity contribution >= 4 is 23.3 Å². The van der Waals surface area contributed by atoms with Crippen LogP contribution in [0.4, 0.5) is 11.4 Å². The molecular weight excluding hydrogens is 392 g/mol. The van der Waals surface area contributed by atoms with Gasteiger partial charge in [-0.15, -0.1) is 0 Å². The normalized spacial score (nSPS) is 12.7. The number of benzene rings is 3. The Morgan fingerprint density at radius 1 is 0.968 bits per heavy atom. The number of carbonyl (C=O) groups excluding carboxylic acids is 2. The van der Waals surface area contributed by atoms with Crippen molar-refractivity contribution in [1.29, 1.82) is 0 Å². The van der Waals surface area contributed by atoms with Gasteiger partial charge in [0, 0.05) is 12.2 Å². The summed E-state index contributed by atoms with van der Waals surface area (Å²) in [6.45, 7) is 0.661. The summed E-state index contributed by atoms with van der Waals surface area (Å²) in [6, 6.07) is 22.0. The molecule has 31 heavy (non-hydrogen) atoms. The molecule has 0 saturated heterocycles. The number of anilines is 2. The number of hydrogen-bond donors (Lipinski definition) is 1. The van der Waals surface area contributed by atoms with Crippen molar-refractivity contribution in [2.75, 3.05) is 23.8 Å². The van der Waals surface area contributed by atoms with Gasteiger partial charge in [0.15, 0.2) is 6.61 Å². The van der Waals surface area contributed by atoms with Gasteiger partial charge in [0.1, 0.15) is 12.4 Å². The fourth-order valence-electron chi connectivity index (χ4n) is 3.60. The van der Waals surface area contributed by atoms with Crippen molar-refractivity contribution in [2.45, 2.75) is 19.4 Å². The van der Waals surface area contributed by atoms with Crippen molar-refractivity contribution in [2.24, 2.45) is 0 Å². The summed E-state index contributed by atoms with van der Waals surface area (Å²) in [5, 5.41) is 0. The number of esters is 1. The van der Waals surface area contributed by atoms with E-state index in [1.54, 1.807) is 17.0 Å². The Morgan fingerprint density at radius 2 is 1.74 bits per heavy atom. The summed E-state index contributed by atoms with van der Waals surface area (Å²) in [7, 11) is 0. The first kappa shape index (κ1) is 20.5. The molecule has 3 aromatic carbocycles. The van der Waals surface area contributed by atoms with Crippen molar-refractivity contribution in [3.8, 4) is 5.75 Å². The van der Waals surface area contributed by atoms with E-state index < -0.39 is 5.97 Å². The number of aryl methyl sites for hydroxylation is 1. The van der Waals surface area contributed by atoms with E-state index in [1.165, 1.54) is 6.07 Å². The van der Waals surface area contributed by atoms with E-state index in [0.29, 0.717) is 17.8 Å². The van der Waals surface area contributed by atoms with Gasteiger partial charge in [0.25, 0.3) is 5.91 Å². The van der Waals surface area contributed by atoms with Crippen LogP contribution in [0.5, 0.6) is 5.75 Å². The number of amides is 1. The van der Waals surface area contributed by atoms with E-state index in [1.807, 2.05) is 54.6 Å². The van der Waals surface area contributed by atoms with Crippen LogP contribution in [0.2, 0.25) is 0 Å². The van der Waals surface area contributed by atoms with Gasteiger partial charge >= 0.3 is 5.97 Å². The monoisotopic (exact) mass is 416 g/mol. The van der Waals surface area contributed by atoms with Gasteiger partial charge in [-0.1, -0.05) is 48.5 Å². The Labute approximate surface area is 181 Å². The number of para-hydroxylation sites is 1. The van der Waals surface area contributed by atoms with Gasteiger partial charge in [-0.25, -0.2) is 4.79 Å². The average Bonchev–Trinajstić information content (AvgIpc) is 2.82. The van der Waals surface area contributed by atoms with Crippen LogP contribution in [0.15, 0.2) is 72.8 Å². The minimum atomic E-state index is -0.481. The first-order valence-corrected chi connectivity index (χ1v) is 10.2. The molecule has 1 heterocycles. The second kappa shape index (κ2) is 9.34. The van der Waals surface area contributed by atoms with E-state index in [-0.39, 0.29) is 24.9 Å². The summed E-state index contributed by atoms with van der Waals surface area (Å²) < 4.78 is 11.1. The molecule has 6 heteroatoms. The zero-order chi connectivity index (χ0) is 21.6. The molecule has 1 aliphatic rings. The van der Waals surface area contributed by atoms with Crippen molar-refractivity contribution in [3.05, 3.63) is 89.5 Å². The molecule has 1 amide bonds. The zero-order valence-corrected chi connectivity index (χ0v) is 17.1. The van der Waals surface area contributed by atoms with Crippen LogP contribution >= 0.6 is 0 Å². The molecule has 1 aliphatic heterocycles. The second-order valence-electron chi connectivity index (χ2n) is 7.38. The predicted octanol–water partition coefficient (Wildman–Crippen LogP) is 3.98. The third-order valence-electron chi connectivity index (χ3n) is 5.22. The van der Waals surface area contributed by atoms with Gasteiger partial charge in [-0.05, 0) is 48.2 Å². The largest absolute Gasteiger partial charge is 0.482 e. The van der Waals surface area contributed by atoms with Crippen LogP contribution < -0.4 is 15.4 Å². The van der Waals surface area contributed by atoms with E-state index in [0.717, 1.165) is 29.7 Å². The smallest absolute Gasteiger partial charge is 0.338 e. The van der Waals surface area contributed by atoms with Gasteiger partial charge in [-0.3, -0.25) is 4.79 Å². The molecule has 0 saturated carbocycles. The minimum Gasteiger partial charge on any atom is -0.482 e. The number of nitrogens with zero attached hydrogens (tertiary/aromatic N) is 1. The van der Waals surface area contributed by atoms with Crippen LogP contribution in [0.3, 0.4) is 0 Å². The van der Waals surface area contributed by atoms with Crippen molar-refractivity contribution in [3.63, 3.8) is 0 Å². The average molecular weight is 416 g/mol. The molecule has 2 N–H and O–H groups in total. The number of hydrogen-bond acceptors (Lipinski definition) is 5. The molecular formula is C25H24N2O4. The highest BCUT2D eigenvalue weighted by atomic mass is 16.5. The van der Waals surface area contributed by atoms with Gasteiger partial charge in [0.2, 0.25) is 0 Å². The molecule has 0 unspecified atom stereocenters. The standard InChI is InChI=1S/C25H24N2O4/c26-21-13-12-20(25(29)31-16-18-7-2-1-3-8-18)15-23(21)30-17-24(28)27-14-6-10-19-9-4-5-11-22(19)27/h1-5,7-9,11-13,15H,6,10,14,16-17,26H2. The molecule has 0 radical (unpaired) electrons. The maximum absolute atomic E-state index is 12.8. The topological polar surface area (TPSA) is 81.9 Å². The minimum absolute atomic E-state index is 0.149.